The second kappa shape index (κ2) is 7.20. The summed E-state index contributed by atoms with van der Waals surface area (Å²) in [6, 6.07) is 24.2. The molecule has 1 aliphatic heterocycles. The van der Waals surface area contributed by atoms with Crippen LogP contribution >= 0.6 is 11.3 Å². The molecule has 2 heterocycles. The molecule has 5 rings (SSSR count). The molecule has 0 aliphatic carbocycles. The van der Waals surface area contributed by atoms with E-state index in [0.717, 1.165) is 15.6 Å². The summed E-state index contributed by atoms with van der Waals surface area (Å²) in [5.74, 6) is -0.707. The fourth-order valence-electron chi connectivity index (χ4n) is 4.19. The van der Waals surface area contributed by atoms with Gasteiger partial charge in [-0.15, -0.1) is 11.3 Å². The van der Waals surface area contributed by atoms with Crippen LogP contribution in [0.3, 0.4) is 0 Å². The highest BCUT2D eigenvalue weighted by atomic mass is 32.1. The lowest BCUT2D eigenvalue weighted by molar-refractivity contribution is -0.136. The van der Waals surface area contributed by atoms with Crippen LogP contribution in [-0.2, 0) is 16.9 Å². The maximum Gasteiger partial charge on any atom is 0.264 e. The van der Waals surface area contributed by atoms with Crippen LogP contribution in [0.1, 0.15) is 27.2 Å². The summed E-state index contributed by atoms with van der Waals surface area (Å²) >= 11 is 1.56. The van der Waals surface area contributed by atoms with Gasteiger partial charge in [0.15, 0.2) is 11.4 Å². The molecule has 0 saturated heterocycles. The number of benzene rings is 3. The predicted molar refractivity (Wildman–Crippen MR) is 119 cm³/mol. The molecule has 0 unspecified atom stereocenters. The maximum absolute atomic E-state index is 13.4. The average molecular weight is 413 g/mol. The van der Waals surface area contributed by atoms with E-state index in [4.69, 9.17) is 0 Å². The number of thiophene rings is 1. The van der Waals surface area contributed by atoms with Gasteiger partial charge >= 0.3 is 0 Å². The quantitative estimate of drug-likeness (QED) is 0.473. The van der Waals surface area contributed by atoms with E-state index in [1.54, 1.807) is 34.4 Å². The van der Waals surface area contributed by atoms with E-state index in [2.05, 4.69) is 0 Å². The first-order chi connectivity index (χ1) is 14.6. The largest absolute Gasteiger partial charge is 0.375 e. The fourth-order valence-corrected chi connectivity index (χ4v) is 4.88. The van der Waals surface area contributed by atoms with Crippen molar-refractivity contribution in [3.8, 4) is 0 Å². The molecule has 1 aromatic heterocycles. The lowest BCUT2D eigenvalue weighted by atomic mass is 9.87. The molecule has 0 fully saturated rings. The molecular weight excluding hydrogens is 394 g/mol. The average Bonchev–Trinajstić information content (AvgIpc) is 3.36. The molecule has 1 aliphatic rings. The van der Waals surface area contributed by atoms with E-state index in [-0.39, 0.29) is 12.2 Å². The van der Waals surface area contributed by atoms with Gasteiger partial charge in [-0.1, -0.05) is 66.7 Å². The summed E-state index contributed by atoms with van der Waals surface area (Å²) in [4.78, 5) is 29.2. The Kier molecular flexibility index (Phi) is 4.50. The van der Waals surface area contributed by atoms with Gasteiger partial charge in [0.2, 0.25) is 0 Å². The molecule has 0 spiro atoms. The molecular formula is C25H19NO3S. The number of para-hydroxylation sites is 1. The Morgan fingerprint density at radius 3 is 2.53 bits per heavy atom. The number of amides is 1. The van der Waals surface area contributed by atoms with Crippen molar-refractivity contribution in [2.45, 2.75) is 18.6 Å². The van der Waals surface area contributed by atoms with Crippen molar-refractivity contribution in [2.24, 2.45) is 0 Å². The number of hydrogen-bond acceptors (Lipinski definition) is 4. The lowest BCUT2D eigenvalue weighted by Crippen LogP contribution is -2.41. The monoisotopic (exact) mass is 413 g/mol. The van der Waals surface area contributed by atoms with Crippen molar-refractivity contribution < 1.29 is 14.7 Å². The number of anilines is 1. The van der Waals surface area contributed by atoms with Gasteiger partial charge in [0, 0.05) is 16.0 Å². The third-order valence-corrected chi connectivity index (χ3v) is 6.50. The lowest BCUT2D eigenvalue weighted by Gasteiger charge is -2.23. The van der Waals surface area contributed by atoms with Gasteiger partial charge < -0.3 is 10.0 Å². The third kappa shape index (κ3) is 2.95. The number of carbonyl (C=O) groups excluding carboxylic acids is 2. The van der Waals surface area contributed by atoms with Gasteiger partial charge in [-0.25, -0.2) is 0 Å². The van der Waals surface area contributed by atoms with Gasteiger partial charge in [-0.2, -0.15) is 0 Å². The van der Waals surface area contributed by atoms with Crippen LogP contribution in [0.4, 0.5) is 5.69 Å². The topological polar surface area (TPSA) is 57.6 Å². The summed E-state index contributed by atoms with van der Waals surface area (Å²) in [5.41, 5.74) is -0.213. The van der Waals surface area contributed by atoms with Crippen molar-refractivity contribution in [1.29, 1.82) is 0 Å². The zero-order valence-corrected chi connectivity index (χ0v) is 16.9. The van der Waals surface area contributed by atoms with Gasteiger partial charge in [-0.05, 0) is 28.3 Å². The van der Waals surface area contributed by atoms with Gasteiger partial charge in [0.25, 0.3) is 5.91 Å². The Morgan fingerprint density at radius 1 is 0.933 bits per heavy atom. The SMILES string of the molecule is O=C(C[C@]1(O)C(=O)N(Cc2cccs2)c2ccccc21)c1cccc2ccccc12. The van der Waals surface area contributed by atoms with Crippen molar-refractivity contribution in [2.75, 3.05) is 4.90 Å². The van der Waals surface area contributed by atoms with Crippen LogP contribution in [0, 0.1) is 0 Å². The van der Waals surface area contributed by atoms with Crippen molar-refractivity contribution in [1.82, 2.24) is 0 Å². The minimum Gasteiger partial charge on any atom is -0.375 e. The molecule has 1 N–H and O–H groups in total. The Bertz CT molecular complexity index is 1260. The van der Waals surface area contributed by atoms with E-state index >= 15 is 0 Å². The summed E-state index contributed by atoms with van der Waals surface area (Å²) in [6.45, 7) is 0.373. The minimum absolute atomic E-state index is 0.254. The zero-order chi connectivity index (χ0) is 20.7. The number of hydrogen-bond donors (Lipinski definition) is 1. The minimum atomic E-state index is -1.87. The number of Topliss-reactive ketones (excluding diaryl/α,β-unsaturated/α-hetero) is 1. The van der Waals surface area contributed by atoms with Gasteiger partial charge in [0.05, 0.1) is 18.7 Å². The standard InChI is InChI=1S/C25H19NO3S/c27-23(20-11-5-8-17-7-1-2-10-19(17)20)15-25(29)21-12-3-4-13-22(21)26(24(25)28)16-18-9-6-14-30-18/h1-14,29H,15-16H2/t25-/m1/s1. The van der Waals surface area contributed by atoms with Crippen LogP contribution in [0.2, 0.25) is 0 Å². The van der Waals surface area contributed by atoms with Crippen LogP contribution in [0.25, 0.3) is 10.8 Å². The first kappa shape index (κ1) is 18.7. The van der Waals surface area contributed by atoms with Gasteiger partial charge in [-0.3, -0.25) is 9.59 Å². The Hall–Kier alpha value is -3.28. The number of fused-ring (bicyclic) bond motifs is 2. The number of nitrogens with zero attached hydrogens (tertiary/aromatic N) is 1. The molecule has 3 aromatic carbocycles. The van der Waals surface area contributed by atoms with E-state index in [9.17, 15) is 14.7 Å². The number of aliphatic hydroxyl groups is 1. The maximum atomic E-state index is 13.4. The van der Waals surface area contributed by atoms with Crippen LogP contribution < -0.4 is 4.90 Å². The molecule has 30 heavy (non-hydrogen) atoms. The summed E-state index contributed by atoms with van der Waals surface area (Å²) < 4.78 is 0. The first-order valence-electron chi connectivity index (χ1n) is 9.75. The van der Waals surface area contributed by atoms with E-state index in [0.29, 0.717) is 23.4 Å². The van der Waals surface area contributed by atoms with E-state index in [1.165, 1.54) is 0 Å². The van der Waals surface area contributed by atoms with Crippen molar-refractivity contribution in [3.63, 3.8) is 0 Å². The molecule has 0 radical (unpaired) electrons. The third-order valence-electron chi connectivity index (χ3n) is 5.64. The molecule has 0 saturated carbocycles. The summed E-state index contributed by atoms with van der Waals surface area (Å²) in [7, 11) is 0. The highest BCUT2D eigenvalue weighted by Crippen LogP contribution is 2.44. The van der Waals surface area contributed by atoms with Crippen LogP contribution in [0.5, 0.6) is 0 Å². The number of rotatable bonds is 5. The Morgan fingerprint density at radius 2 is 1.70 bits per heavy atom. The second-order valence-corrected chi connectivity index (χ2v) is 8.51. The van der Waals surface area contributed by atoms with Crippen LogP contribution in [-0.4, -0.2) is 16.8 Å². The number of carbonyl (C=O) groups is 2. The molecule has 5 heteroatoms. The smallest absolute Gasteiger partial charge is 0.264 e. The molecule has 4 nitrogen and oxygen atoms in total. The van der Waals surface area contributed by atoms with Crippen molar-refractivity contribution >= 4 is 39.5 Å². The summed E-state index contributed by atoms with van der Waals surface area (Å²) in [6.07, 6.45) is -0.294. The molecule has 1 amide bonds. The molecule has 0 bridgehead atoms. The predicted octanol–water partition coefficient (Wildman–Crippen LogP) is 4.91. The molecule has 148 valence electrons. The highest BCUT2D eigenvalue weighted by Gasteiger charge is 2.50. The highest BCUT2D eigenvalue weighted by molar-refractivity contribution is 7.09. The first-order valence-corrected chi connectivity index (χ1v) is 10.6. The van der Waals surface area contributed by atoms with E-state index < -0.39 is 11.5 Å². The van der Waals surface area contributed by atoms with E-state index in [1.807, 2.05) is 66.0 Å². The molecule has 1 atom stereocenters. The Labute approximate surface area is 178 Å². The van der Waals surface area contributed by atoms with Crippen LogP contribution in [0.15, 0.2) is 84.2 Å². The zero-order valence-electron chi connectivity index (χ0n) is 16.1. The fraction of sp³-hybridized carbons (Fsp3) is 0.120. The van der Waals surface area contributed by atoms with Gasteiger partial charge in [0.1, 0.15) is 0 Å². The molecule has 4 aromatic rings. The summed E-state index contributed by atoms with van der Waals surface area (Å²) in [5, 5.41) is 15.2. The normalized spacial score (nSPS) is 18.0. The Balaban J connectivity index is 1.53. The number of ketones is 1. The second-order valence-electron chi connectivity index (χ2n) is 7.47. The van der Waals surface area contributed by atoms with Crippen molar-refractivity contribution in [3.05, 3.63) is 100 Å².